The van der Waals surface area contributed by atoms with Crippen molar-refractivity contribution in [2.24, 2.45) is 0 Å². The lowest BCUT2D eigenvalue weighted by Crippen LogP contribution is -2.06. The Balaban J connectivity index is 1.87. The molecule has 102 valence electrons. The average Bonchev–Trinajstić information content (AvgIpc) is 2.89. The van der Waals surface area contributed by atoms with Gasteiger partial charge in [0.15, 0.2) is 0 Å². The maximum atomic E-state index is 9.86. The number of nitrogens with one attached hydrogen (secondary N) is 2. The van der Waals surface area contributed by atoms with E-state index in [0.29, 0.717) is 5.56 Å². The molecular weight excluding hydrogens is 254 g/mol. The van der Waals surface area contributed by atoms with Crippen LogP contribution in [0.4, 0.5) is 5.69 Å². The molecule has 0 amide bonds. The van der Waals surface area contributed by atoms with Crippen LogP contribution in [-0.4, -0.2) is 20.4 Å². The van der Waals surface area contributed by atoms with Gasteiger partial charge in [-0.2, -0.15) is 5.10 Å². The first-order valence-electron chi connectivity index (χ1n) is 6.35. The highest BCUT2D eigenvalue weighted by atomic mass is 16.3. The molecule has 0 saturated heterocycles. The van der Waals surface area contributed by atoms with Gasteiger partial charge in [-0.15, -0.1) is 0 Å². The van der Waals surface area contributed by atoms with Crippen molar-refractivity contribution in [3.8, 4) is 11.5 Å². The highest BCUT2D eigenvalue weighted by Crippen LogP contribution is 2.30. The van der Waals surface area contributed by atoms with Crippen LogP contribution in [0.3, 0.4) is 0 Å². The Bertz CT molecular complexity index is 752. The number of aromatic nitrogens is 2. The van der Waals surface area contributed by atoms with Crippen LogP contribution in [0.1, 0.15) is 18.5 Å². The Labute approximate surface area is 115 Å². The highest BCUT2D eigenvalue weighted by Gasteiger charge is 2.11. The number of aromatic hydroxyl groups is 2. The number of anilines is 1. The van der Waals surface area contributed by atoms with E-state index in [4.69, 9.17) is 0 Å². The molecule has 5 heteroatoms. The van der Waals surface area contributed by atoms with Gasteiger partial charge in [0.25, 0.3) is 0 Å². The number of hydrogen-bond acceptors (Lipinski definition) is 4. The van der Waals surface area contributed by atoms with E-state index in [1.165, 1.54) is 12.1 Å². The molecule has 1 unspecified atom stereocenters. The fourth-order valence-electron chi connectivity index (χ4n) is 2.25. The van der Waals surface area contributed by atoms with E-state index in [2.05, 4.69) is 15.5 Å². The van der Waals surface area contributed by atoms with Crippen LogP contribution in [0.2, 0.25) is 0 Å². The molecule has 20 heavy (non-hydrogen) atoms. The molecule has 3 rings (SSSR count). The number of fused-ring (bicyclic) bond motifs is 1. The van der Waals surface area contributed by atoms with E-state index in [9.17, 15) is 10.2 Å². The Hall–Kier alpha value is -2.69. The van der Waals surface area contributed by atoms with Crippen molar-refractivity contribution in [3.05, 3.63) is 48.2 Å². The number of phenolic OH excluding ortho intramolecular Hbond substituents is 2. The molecular formula is C15H15N3O2. The molecule has 0 bridgehead atoms. The minimum Gasteiger partial charge on any atom is -0.508 e. The van der Waals surface area contributed by atoms with Gasteiger partial charge in [0.1, 0.15) is 11.5 Å². The summed E-state index contributed by atoms with van der Waals surface area (Å²) in [4.78, 5) is 0. The summed E-state index contributed by atoms with van der Waals surface area (Å²) in [6.45, 7) is 1.92. The first-order chi connectivity index (χ1) is 9.63. The zero-order valence-corrected chi connectivity index (χ0v) is 11.0. The lowest BCUT2D eigenvalue weighted by molar-refractivity contribution is 0.451. The minimum absolute atomic E-state index is 0.133. The molecule has 1 atom stereocenters. The molecule has 0 aliphatic carbocycles. The predicted molar refractivity (Wildman–Crippen MR) is 77.9 cm³/mol. The molecule has 4 N–H and O–H groups in total. The number of phenols is 2. The standard InChI is InChI=1S/C15H15N3O2/c1-9(13-7-12(19)3-5-15(13)20)17-11-2-4-14-10(6-11)8-16-18-14/h2-9,17,19-20H,1H3,(H,16,18). The molecule has 0 aliphatic rings. The third-order valence-corrected chi connectivity index (χ3v) is 3.30. The SMILES string of the molecule is CC(Nc1ccc2[nH]ncc2c1)c1cc(O)ccc1O. The van der Waals surface area contributed by atoms with E-state index >= 15 is 0 Å². The molecule has 2 aromatic carbocycles. The summed E-state index contributed by atoms with van der Waals surface area (Å²) in [6, 6.07) is 10.2. The number of nitrogens with zero attached hydrogens (tertiary/aromatic N) is 1. The Kier molecular flexibility index (Phi) is 2.95. The molecule has 0 radical (unpaired) electrons. The third-order valence-electron chi connectivity index (χ3n) is 3.30. The van der Waals surface area contributed by atoms with E-state index in [1.807, 2.05) is 25.1 Å². The van der Waals surface area contributed by atoms with Crippen molar-refractivity contribution in [2.45, 2.75) is 13.0 Å². The van der Waals surface area contributed by atoms with Crippen molar-refractivity contribution in [3.63, 3.8) is 0 Å². The number of aromatic amines is 1. The zero-order valence-electron chi connectivity index (χ0n) is 11.0. The summed E-state index contributed by atoms with van der Waals surface area (Å²) in [5, 5.41) is 30.6. The second-order valence-corrected chi connectivity index (χ2v) is 4.78. The molecule has 0 saturated carbocycles. The van der Waals surface area contributed by atoms with Gasteiger partial charge in [0.05, 0.1) is 17.8 Å². The van der Waals surface area contributed by atoms with Crippen molar-refractivity contribution in [2.75, 3.05) is 5.32 Å². The normalized spacial score (nSPS) is 12.4. The van der Waals surface area contributed by atoms with Crippen LogP contribution in [0.5, 0.6) is 11.5 Å². The summed E-state index contributed by atoms with van der Waals surface area (Å²) in [6.07, 6.45) is 1.76. The first kappa shape index (κ1) is 12.3. The second-order valence-electron chi connectivity index (χ2n) is 4.78. The van der Waals surface area contributed by atoms with Gasteiger partial charge in [-0.25, -0.2) is 0 Å². The van der Waals surface area contributed by atoms with Gasteiger partial charge in [0.2, 0.25) is 0 Å². The average molecular weight is 269 g/mol. The van der Waals surface area contributed by atoms with E-state index < -0.39 is 0 Å². The molecule has 0 aliphatic heterocycles. The zero-order chi connectivity index (χ0) is 14.1. The van der Waals surface area contributed by atoms with Crippen LogP contribution in [0, 0.1) is 0 Å². The molecule has 5 nitrogen and oxygen atoms in total. The molecule has 1 heterocycles. The fraction of sp³-hybridized carbons (Fsp3) is 0.133. The Morgan fingerprint density at radius 2 is 2.00 bits per heavy atom. The molecule has 0 fully saturated rings. The van der Waals surface area contributed by atoms with E-state index in [-0.39, 0.29) is 17.5 Å². The Morgan fingerprint density at radius 1 is 1.15 bits per heavy atom. The topological polar surface area (TPSA) is 81.2 Å². The predicted octanol–water partition coefficient (Wildman–Crippen LogP) is 3.15. The van der Waals surface area contributed by atoms with Crippen molar-refractivity contribution < 1.29 is 10.2 Å². The minimum atomic E-state index is -0.133. The van der Waals surface area contributed by atoms with Crippen LogP contribution < -0.4 is 5.32 Å². The lowest BCUT2D eigenvalue weighted by atomic mass is 10.1. The monoisotopic (exact) mass is 269 g/mol. The van der Waals surface area contributed by atoms with Gasteiger partial charge >= 0.3 is 0 Å². The van der Waals surface area contributed by atoms with Crippen molar-refractivity contribution in [1.29, 1.82) is 0 Å². The maximum Gasteiger partial charge on any atom is 0.121 e. The number of benzene rings is 2. The van der Waals surface area contributed by atoms with Gasteiger partial charge in [-0.3, -0.25) is 5.10 Å². The Morgan fingerprint density at radius 3 is 2.85 bits per heavy atom. The van der Waals surface area contributed by atoms with E-state index in [0.717, 1.165) is 16.6 Å². The van der Waals surface area contributed by atoms with Crippen LogP contribution in [-0.2, 0) is 0 Å². The molecule has 0 spiro atoms. The third kappa shape index (κ3) is 2.25. The molecule has 1 aromatic heterocycles. The van der Waals surface area contributed by atoms with Gasteiger partial charge in [0, 0.05) is 16.6 Å². The maximum absolute atomic E-state index is 9.86. The summed E-state index contributed by atoms with van der Waals surface area (Å²) >= 11 is 0. The van der Waals surface area contributed by atoms with Crippen molar-refractivity contribution >= 4 is 16.6 Å². The number of hydrogen-bond donors (Lipinski definition) is 4. The van der Waals surface area contributed by atoms with Gasteiger partial charge in [-0.05, 0) is 43.3 Å². The van der Waals surface area contributed by atoms with Gasteiger partial charge < -0.3 is 15.5 Å². The lowest BCUT2D eigenvalue weighted by Gasteiger charge is -2.17. The fourth-order valence-corrected chi connectivity index (χ4v) is 2.25. The highest BCUT2D eigenvalue weighted by molar-refractivity contribution is 5.81. The summed E-state index contributed by atoms with van der Waals surface area (Å²) in [7, 11) is 0. The number of rotatable bonds is 3. The first-order valence-corrected chi connectivity index (χ1v) is 6.35. The smallest absolute Gasteiger partial charge is 0.121 e. The largest absolute Gasteiger partial charge is 0.508 e. The van der Waals surface area contributed by atoms with Crippen LogP contribution in [0.25, 0.3) is 10.9 Å². The van der Waals surface area contributed by atoms with E-state index in [1.54, 1.807) is 12.3 Å². The number of H-pyrrole nitrogens is 1. The summed E-state index contributed by atoms with van der Waals surface area (Å²) in [5.41, 5.74) is 2.55. The second kappa shape index (κ2) is 4.77. The van der Waals surface area contributed by atoms with Crippen LogP contribution >= 0.6 is 0 Å². The summed E-state index contributed by atoms with van der Waals surface area (Å²) in [5.74, 6) is 0.295. The van der Waals surface area contributed by atoms with Crippen LogP contribution in [0.15, 0.2) is 42.6 Å². The van der Waals surface area contributed by atoms with Gasteiger partial charge in [-0.1, -0.05) is 0 Å². The quantitative estimate of drug-likeness (QED) is 0.551. The molecule has 3 aromatic rings. The summed E-state index contributed by atoms with van der Waals surface area (Å²) < 4.78 is 0. The van der Waals surface area contributed by atoms with Crippen molar-refractivity contribution in [1.82, 2.24) is 10.2 Å².